The van der Waals surface area contributed by atoms with Crippen molar-refractivity contribution in [3.8, 4) is 11.5 Å². The van der Waals surface area contributed by atoms with E-state index in [1.807, 2.05) is 38.1 Å². The molecular weight excluding hydrogens is 396 g/mol. The lowest BCUT2D eigenvalue weighted by Gasteiger charge is -2.27. The summed E-state index contributed by atoms with van der Waals surface area (Å²) in [6.45, 7) is 10.5. The summed E-state index contributed by atoms with van der Waals surface area (Å²) >= 11 is 0. The molecule has 0 heterocycles. The van der Waals surface area contributed by atoms with Gasteiger partial charge in [-0.25, -0.2) is 0 Å². The minimum absolute atomic E-state index is 0.244. The van der Waals surface area contributed by atoms with Crippen molar-refractivity contribution in [2.75, 3.05) is 0 Å². The molecule has 6 nitrogen and oxygen atoms in total. The molecule has 0 atom stereocenters. The molecule has 0 saturated heterocycles. The molecule has 0 aliphatic heterocycles. The normalized spacial score (nSPS) is 11.0. The summed E-state index contributed by atoms with van der Waals surface area (Å²) in [4.78, 5) is 45.7. The molecule has 0 aliphatic rings. The number of ketones is 2. The zero-order valence-corrected chi connectivity index (χ0v) is 18.8. The van der Waals surface area contributed by atoms with Gasteiger partial charge in [-0.05, 0) is 62.1 Å². The topological polar surface area (TPSA) is 86.7 Å². The van der Waals surface area contributed by atoms with Gasteiger partial charge >= 0.3 is 11.9 Å². The van der Waals surface area contributed by atoms with Gasteiger partial charge in [-0.15, -0.1) is 0 Å². The third-order valence-corrected chi connectivity index (χ3v) is 5.03. The minimum atomic E-state index is -0.576. The van der Waals surface area contributed by atoms with E-state index in [9.17, 15) is 19.2 Å². The van der Waals surface area contributed by atoms with Crippen LogP contribution in [0.25, 0.3) is 0 Å². The lowest BCUT2D eigenvalue weighted by molar-refractivity contribution is -0.139. The van der Waals surface area contributed by atoms with Crippen LogP contribution in [0.4, 0.5) is 0 Å². The second-order valence-corrected chi connectivity index (χ2v) is 8.29. The average Bonchev–Trinajstić information content (AvgIpc) is 2.63. The molecule has 164 valence electrons. The summed E-state index contributed by atoms with van der Waals surface area (Å²) in [6, 6.07) is 11.1. The SMILES string of the molecule is CC(=O)CC(=O)Oc1ccc(C(C)(C)c2ccc(OC(=O)CC(C)=O)c(C)c2)cc1C. The lowest BCUT2D eigenvalue weighted by Crippen LogP contribution is -2.20. The van der Waals surface area contributed by atoms with Gasteiger partial charge in [0.2, 0.25) is 0 Å². The third kappa shape index (κ3) is 6.35. The number of ether oxygens (including phenoxy) is 2. The Balaban J connectivity index is 2.24. The molecule has 0 radical (unpaired) electrons. The zero-order chi connectivity index (χ0) is 23.3. The van der Waals surface area contributed by atoms with Crippen LogP contribution in [0, 0.1) is 13.8 Å². The second kappa shape index (κ2) is 9.69. The van der Waals surface area contributed by atoms with Crippen molar-refractivity contribution >= 4 is 23.5 Å². The number of rotatable bonds is 8. The molecular formula is C25H28O6. The van der Waals surface area contributed by atoms with E-state index in [1.165, 1.54) is 13.8 Å². The maximum absolute atomic E-state index is 11.8. The van der Waals surface area contributed by atoms with Crippen molar-refractivity contribution < 1.29 is 28.7 Å². The number of benzene rings is 2. The van der Waals surface area contributed by atoms with Crippen LogP contribution in [0.3, 0.4) is 0 Å². The van der Waals surface area contributed by atoms with Crippen LogP contribution in [0.15, 0.2) is 36.4 Å². The summed E-state index contributed by atoms with van der Waals surface area (Å²) in [5, 5.41) is 0. The molecule has 0 bridgehead atoms. The first-order chi connectivity index (χ1) is 14.4. The molecule has 0 unspecified atom stereocenters. The monoisotopic (exact) mass is 424 g/mol. The van der Waals surface area contributed by atoms with E-state index in [1.54, 1.807) is 12.1 Å². The fraction of sp³-hybridized carbons (Fsp3) is 0.360. The maximum Gasteiger partial charge on any atom is 0.318 e. The van der Waals surface area contributed by atoms with Crippen molar-refractivity contribution in [1.29, 1.82) is 0 Å². The number of carbonyl (C=O) groups is 4. The Morgan fingerprint density at radius 2 is 1.06 bits per heavy atom. The molecule has 6 heteroatoms. The van der Waals surface area contributed by atoms with Gasteiger partial charge in [-0.3, -0.25) is 19.2 Å². The predicted molar refractivity (Wildman–Crippen MR) is 116 cm³/mol. The summed E-state index contributed by atoms with van der Waals surface area (Å²) in [5.74, 6) is -0.789. The Kier molecular flexibility index (Phi) is 7.50. The molecule has 0 saturated carbocycles. The van der Waals surface area contributed by atoms with E-state index < -0.39 is 11.9 Å². The third-order valence-electron chi connectivity index (χ3n) is 5.03. The summed E-state index contributed by atoms with van der Waals surface area (Å²) in [7, 11) is 0. The number of aryl methyl sites for hydroxylation is 2. The highest BCUT2D eigenvalue weighted by Gasteiger charge is 2.25. The highest BCUT2D eigenvalue weighted by atomic mass is 16.5. The van der Waals surface area contributed by atoms with Crippen molar-refractivity contribution in [1.82, 2.24) is 0 Å². The highest BCUT2D eigenvalue weighted by Crippen LogP contribution is 2.36. The summed E-state index contributed by atoms with van der Waals surface area (Å²) in [6.07, 6.45) is -0.509. The molecule has 31 heavy (non-hydrogen) atoms. The van der Waals surface area contributed by atoms with Crippen LogP contribution in [-0.2, 0) is 24.6 Å². The first-order valence-corrected chi connectivity index (χ1v) is 10.0. The zero-order valence-electron chi connectivity index (χ0n) is 18.8. The fourth-order valence-electron chi connectivity index (χ4n) is 3.20. The lowest BCUT2D eigenvalue weighted by atomic mass is 9.77. The molecule has 0 aromatic heterocycles. The van der Waals surface area contributed by atoms with E-state index in [0.29, 0.717) is 11.5 Å². The molecule has 0 aliphatic carbocycles. The highest BCUT2D eigenvalue weighted by molar-refractivity contribution is 5.95. The Morgan fingerprint density at radius 1 is 0.710 bits per heavy atom. The van der Waals surface area contributed by atoms with Gasteiger partial charge in [-0.1, -0.05) is 38.1 Å². The van der Waals surface area contributed by atoms with Gasteiger partial charge in [-0.2, -0.15) is 0 Å². The number of esters is 2. The Labute approximate surface area is 182 Å². The van der Waals surface area contributed by atoms with Gasteiger partial charge in [0, 0.05) is 5.41 Å². The average molecular weight is 424 g/mol. The summed E-state index contributed by atoms with van der Waals surface area (Å²) in [5.41, 5.74) is 3.22. The van der Waals surface area contributed by atoms with Gasteiger partial charge in [0.15, 0.2) is 0 Å². The quantitative estimate of drug-likeness (QED) is 0.355. The standard InChI is InChI=1S/C25H28O6/c1-15-11-19(7-9-21(15)30-23(28)13-17(3)26)25(5,6)20-8-10-22(16(2)12-20)31-24(29)14-18(4)27/h7-12H,13-14H2,1-6H3. The number of carbonyl (C=O) groups excluding carboxylic acids is 4. The van der Waals surface area contributed by atoms with Gasteiger partial charge in [0.1, 0.15) is 35.9 Å². The van der Waals surface area contributed by atoms with Gasteiger partial charge in [0.05, 0.1) is 0 Å². The number of hydrogen-bond acceptors (Lipinski definition) is 6. The largest absolute Gasteiger partial charge is 0.426 e. The Bertz CT molecular complexity index is 951. The molecule has 0 N–H and O–H groups in total. The van der Waals surface area contributed by atoms with Crippen molar-refractivity contribution in [2.24, 2.45) is 0 Å². The Hall–Kier alpha value is -3.28. The van der Waals surface area contributed by atoms with Gasteiger partial charge < -0.3 is 9.47 Å². The van der Waals surface area contributed by atoms with Crippen LogP contribution in [-0.4, -0.2) is 23.5 Å². The number of hydrogen-bond donors (Lipinski definition) is 0. The van der Waals surface area contributed by atoms with E-state index in [4.69, 9.17) is 9.47 Å². The molecule has 0 amide bonds. The molecule has 2 rings (SSSR count). The minimum Gasteiger partial charge on any atom is -0.426 e. The van der Waals surface area contributed by atoms with E-state index in [-0.39, 0.29) is 29.8 Å². The van der Waals surface area contributed by atoms with Gasteiger partial charge in [0.25, 0.3) is 0 Å². The molecule has 2 aromatic rings. The van der Waals surface area contributed by atoms with Crippen LogP contribution in [0.1, 0.15) is 62.8 Å². The smallest absolute Gasteiger partial charge is 0.318 e. The van der Waals surface area contributed by atoms with Crippen LogP contribution < -0.4 is 9.47 Å². The van der Waals surface area contributed by atoms with Crippen LogP contribution >= 0.6 is 0 Å². The van der Waals surface area contributed by atoms with Crippen molar-refractivity contribution in [2.45, 2.75) is 59.8 Å². The first kappa shape index (κ1) is 24.0. The molecule has 0 spiro atoms. The number of Topliss-reactive ketones (excluding diaryl/α,β-unsaturated/α-hetero) is 2. The predicted octanol–water partition coefficient (Wildman–Crippen LogP) is 4.40. The first-order valence-electron chi connectivity index (χ1n) is 10.0. The van der Waals surface area contributed by atoms with E-state index >= 15 is 0 Å². The maximum atomic E-state index is 11.8. The molecule has 2 aromatic carbocycles. The summed E-state index contributed by atoms with van der Waals surface area (Å²) < 4.78 is 10.6. The van der Waals surface area contributed by atoms with E-state index in [2.05, 4.69) is 13.8 Å². The van der Waals surface area contributed by atoms with Crippen molar-refractivity contribution in [3.05, 3.63) is 58.7 Å². The van der Waals surface area contributed by atoms with Crippen LogP contribution in [0.2, 0.25) is 0 Å². The fourth-order valence-corrected chi connectivity index (χ4v) is 3.20. The van der Waals surface area contributed by atoms with E-state index in [0.717, 1.165) is 22.3 Å². The Morgan fingerprint density at radius 3 is 1.35 bits per heavy atom. The second-order valence-electron chi connectivity index (χ2n) is 8.29. The van der Waals surface area contributed by atoms with Crippen LogP contribution in [0.5, 0.6) is 11.5 Å². The molecule has 0 fully saturated rings. The van der Waals surface area contributed by atoms with Crippen molar-refractivity contribution in [3.63, 3.8) is 0 Å².